The molecule has 0 aliphatic rings. The van der Waals surface area contributed by atoms with Crippen molar-refractivity contribution >= 4 is 17.3 Å². The quantitative estimate of drug-likeness (QED) is 0.568. The number of halogens is 1. The Morgan fingerprint density at radius 2 is 2.36 bits per heavy atom. The minimum absolute atomic E-state index is 0.00375. The van der Waals surface area contributed by atoms with E-state index >= 15 is 0 Å². The van der Waals surface area contributed by atoms with Crippen LogP contribution in [0, 0.1) is 21.4 Å². The lowest BCUT2D eigenvalue weighted by molar-refractivity contribution is -0.385. The molecular formula is C8H5ClN2O3. The average molecular weight is 213 g/mol. The molecule has 1 aromatic carbocycles. The van der Waals surface area contributed by atoms with Crippen LogP contribution >= 0.6 is 11.6 Å². The fourth-order valence-electron chi connectivity index (χ4n) is 0.864. The molecule has 14 heavy (non-hydrogen) atoms. The molecule has 0 aliphatic heterocycles. The van der Waals surface area contributed by atoms with E-state index in [0.29, 0.717) is 5.02 Å². The number of ether oxygens (including phenoxy) is 1. The van der Waals surface area contributed by atoms with E-state index in [9.17, 15) is 10.1 Å². The standard InChI is InChI=1S/C8H5ClN2O3/c9-6-1-2-7(11(12)13)8(5-6)14-4-3-10/h1-2,5H,4H2. The van der Waals surface area contributed by atoms with E-state index in [0.717, 1.165) is 0 Å². The van der Waals surface area contributed by atoms with Gasteiger partial charge in [-0.2, -0.15) is 5.26 Å². The smallest absolute Gasteiger partial charge is 0.311 e. The first-order valence-corrected chi connectivity index (χ1v) is 3.96. The fourth-order valence-corrected chi connectivity index (χ4v) is 1.03. The van der Waals surface area contributed by atoms with Crippen LogP contribution in [-0.2, 0) is 0 Å². The summed E-state index contributed by atoms with van der Waals surface area (Å²) in [4.78, 5) is 9.90. The number of nitro groups is 1. The highest BCUT2D eigenvalue weighted by Gasteiger charge is 2.14. The minimum Gasteiger partial charge on any atom is -0.471 e. The second-order valence-electron chi connectivity index (χ2n) is 2.32. The van der Waals surface area contributed by atoms with E-state index in [4.69, 9.17) is 21.6 Å². The number of hydrogen-bond acceptors (Lipinski definition) is 4. The van der Waals surface area contributed by atoms with Crippen LogP contribution in [0.4, 0.5) is 5.69 Å². The first kappa shape index (κ1) is 10.3. The summed E-state index contributed by atoms with van der Waals surface area (Å²) in [6.45, 7) is -0.249. The van der Waals surface area contributed by atoms with Crippen LogP contribution in [0.15, 0.2) is 18.2 Å². The highest BCUT2D eigenvalue weighted by molar-refractivity contribution is 6.30. The van der Waals surface area contributed by atoms with E-state index in [1.165, 1.54) is 18.2 Å². The van der Waals surface area contributed by atoms with E-state index in [2.05, 4.69) is 0 Å². The maximum atomic E-state index is 10.5. The molecule has 0 aromatic heterocycles. The summed E-state index contributed by atoms with van der Waals surface area (Å²) in [5, 5.41) is 19.1. The lowest BCUT2D eigenvalue weighted by atomic mass is 10.3. The van der Waals surface area contributed by atoms with Gasteiger partial charge in [-0.3, -0.25) is 10.1 Å². The molecule has 0 unspecified atom stereocenters. The van der Waals surface area contributed by atoms with Gasteiger partial charge in [-0.05, 0) is 6.07 Å². The van der Waals surface area contributed by atoms with Crippen LogP contribution in [0.5, 0.6) is 5.75 Å². The number of rotatable bonds is 3. The van der Waals surface area contributed by atoms with Crippen molar-refractivity contribution in [2.24, 2.45) is 0 Å². The SMILES string of the molecule is N#CCOc1cc(Cl)ccc1[N+](=O)[O-]. The molecule has 0 aliphatic carbocycles. The Morgan fingerprint density at radius 3 is 2.93 bits per heavy atom. The lowest BCUT2D eigenvalue weighted by Crippen LogP contribution is -1.98. The molecule has 0 saturated heterocycles. The number of nitriles is 1. The summed E-state index contributed by atoms with van der Waals surface area (Å²) in [6, 6.07) is 5.64. The van der Waals surface area contributed by atoms with Crippen LogP contribution in [0.25, 0.3) is 0 Å². The second-order valence-corrected chi connectivity index (χ2v) is 2.75. The first-order chi connectivity index (χ1) is 6.65. The molecule has 5 nitrogen and oxygen atoms in total. The van der Waals surface area contributed by atoms with Crippen molar-refractivity contribution in [2.75, 3.05) is 6.61 Å². The molecule has 6 heteroatoms. The summed E-state index contributed by atoms with van der Waals surface area (Å²) >= 11 is 5.61. The molecule has 0 bridgehead atoms. The second kappa shape index (κ2) is 4.44. The Hall–Kier alpha value is -1.80. The van der Waals surface area contributed by atoms with E-state index in [-0.39, 0.29) is 18.0 Å². The third-order valence-corrected chi connectivity index (χ3v) is 1.65. The van der Waals surface area contributed by atoms with Crippen molar-refractivity contribution < 1.29 is 9.66 Å². The monoisotopic (exact) mass is 212 g/mol. The first-order valence-electron chi connectivity index (χ1n) is 3.59. The predicted octanol–water partition coefficient (Wildman–Crippen LogP) is 2.15. The zero-order valence-corrected chi connectivity index (χ0v) is 7.69. The van der Waals surface area contributed by atoms with Crippen LogP contribution in [-0.4, -0.2) is 11.5 Å². The molecule has 0 atom stereocenters. The van der Waals surface area contributed by atoms with Crippen molar-refractivity contribution in [3.63, 3.8) is 0 Å². The van der Waals surface area contributed by atoms with Gasteiger partial charge in [-0.15, -0.1) is 0 Å². The number of benzene rings is 1. The Labute approximate surface area is 84.6 Å². The van der Waals surface area contributed by atoms with Gasteiger partial charge in [0.05, 0.1) is 4.92 Å². The van der Waals surface area contributed by atoms with Gasteiger partial charge < -0.3 is 4.74 Å². The van der Waals surface area contributed by atoms with Crippen LogP contribution in [0.3, 0.4) is 0 Å². The van der Waals surface area contributed by atoms with Gasteiger partial charge in [-0.25, -0.2) is 0 Å². The largest absolute Gasteiger partial charge is 0.471 e. The van der Waals surface area contributed by atoms with Crippen LogP contribution < -0.4 is 4.74 Å². The topological polar surface area (TPSA) is 76.2 Å². The van der Waals surface area contributed by atoms with Gasteiger partial charge in [0.15, 0.2) is 12.4 Å². The number of nitrogens with zero attached hydrogens (tertiary/aromatic N) is 2. The average Bonchev–Trinajstić information content (AvgIpc) is 2.14. The molecule has 0 fully saturated rings. The third kappa shape index (κ3) is 2.34. The van der Waals surface area contributed by atoms with Gasteiger partial charge in [0, 0.05) is 17.2 Å². The van der Waals surface area contributed by atoms with E-state index < -0.39 is 4.92 Å². The molecule has 1 aromatic rings. The number of nitro benzene ring substituents is 1. The third-order valence-electron chi connectivity index (χ3n) is 1.41. The van der Waals surface area contributed by atoms with E-state index in [1.807, 2.05) is 0 Å². The van der Waals surface area contributed by atoms with Gasteiger partial charge in [0.2, 0.25) is 0 Å². The zero-order valence-electron chi connectivity index (χ0n) is 6.94. The van der Waals surface area contributed by atoms with Crippen molar-refractivity contribution in [2.45, 2.75) is 0 Å². The molecular weight excluding hydrogens is 208 g/mol. The van der Waals surface area contributed by atoms with Gasteiger partial charge >= 0.3 is 5.69 Å². The highest BCUT2D eigenvalue weighted by Crippen LogP contribution is 2.29. The molecule has 0 N–H and O–H groups in total. The van der Waals surface area contributed by atoms with E-state index in [1.54, 1.807) is 6.07 Å². The summed E-state index contributed by atoms with van der Waals surface area (Å²) < 4.78 is 4.84. The number of hydrogen-bond donors (Lipinski definition) is 0. The van der Waals surface area contributed by atoms with Crippen LogP contribution in [0.1, 0.15) is 0 Å². The molecule has 0 saturated carbocycles. The Kier molecular flexibility index (Phi) is 3.26. The van der Waals surface area contributed by atoms with Gasteiger partial charge in [0.25, 0.3) is 0 Å². The molecule has 1 rings (SSSR count). The maximum absolute atomic E-state index is 10.5. The molecule has 0 heterocycles. The predicted molar refractivity (Wildman–Crippen MR) is 49.2 cm³/mol. The maximum Gasteiger partial charge on any atom is 0.311 e. The molecule has 72 valence electrons. The Balaban J connectivity index is 3.04. The summed E-state index contributed by atoms with van der Waals surface area (Å²) in [7, 11) is 0. The summed E-state index contributed by atoms with van der Waals surface area (Å²) in [5.74, 6) is 0.00375. The zero-order chi connectivity index (χ0) is 10.6. The van der Waals surface area contributed by atoms with Crippen LogP contribution in [0.2, 0.25) is 5.02 Å². The van der Waals surface area contributed by atoms with Gasteiger partial charge in [-0.1, -0.05) is 11.6 Å². The van der Waals surface area contributed by atoms with Crippen molar-refractivity contribution in [1.29, 1.82) is 5.26 Å². The van der Waals surface area contributed by atoms with Gasteiger partial charge in [0.1, 0.15) is 6.07 Å². The lowest BCUT2D eigenvalue weighted by Gasteiger charge is -2.02. The minimum atomic E-state index is -0.594. The summed E-state index contributed by atoms with van der Waals surface area (Å²) in [6.07, 6.45) is 0. The summed E-state index contributed by atoms with van der Waals surface area (Å²) in [5.41, 5.74) is -0.204. The van der Waals surface area contributed by atoms with Crippen molar-refractivity contribution in [3.8, 4) is 11.8 Å². The Bertz CT molecular complexity index is 400. The van der Waals surface area contributed by atoms with Crippen molar-refractivity contribution in [1.82, 2.24) is 0 Å². The fraction of sp³-hybridized carbons (Fsp3) is 0.125. The normalized spacial score (nSPS) is 9.14. The van der Waals surface area contributed by atoms with Crippen molar-refractivity contribution in [3.05, 3.63) is 33.3 Å². The molecule has 0 radical (unpaired) electrons. The highest BCUT2D eigenvalue weighted by atomic mass is 35.5. The Morgan fingerprint density at radius 1 is 1.64 bits per heavy atom. The molecule has 0 spiro atoms. The molecule has 0 amide bonds.